The summed E-state index contributed by atoms with van der Waals surface area (Å²) in [6.45, 7) is 6.01. The lowest BCUT2D eigenvalue weighted by Gasteiger charge is -2.48. The number of para-hydroxylation sites is 2. The molecule has 0 atom stereocenters. The van der Waals surface area contributed by atoms with Crippen LogP contribution in [0.5, 0.6) is 0 Å². The average molecular weight is 327 g/mol. The summed E-state index contributed by atoms with van der Waals surface area (Å²) < 4.78 is 5.64. The Morgan fingerprint density at radius 1 is 1.00 bits per heavy atom. The van der Waals surface area contributed by atoms with Crippen LogP contribution in [0.25, 0.3) is 0 Å². The van der Waals surface area contributed by atoms with E-state index >= 15 is 0 Å². The van der Waals surface area contributed by atoms with Crippen molar-refractivity contribution in [3.8, 4) is 0 Å². The second-order valence-electron chi connectivity index (χ2n) is 7.42. The summed E-state index contributed by atoms with van der Waals surface area (Å²) in [4.78, 5) is 9.89. The Morgan fingerprint density at radius 3 is 2.54 bits per heavy atom. The fourth-order valence-corrected chi connectivity index (χ4v) is 4.68. The molecular formula is C20H29N3O. The molecule has 0 spiro atoms. The Labute approximate surface area is 145 Å². The molecule has 1 aliphatic carbocycles. The van der Waals surface area contributed by atoms with E-state index < -0.39 is 0 Å². The Bertz CT molecular complexity index is 572. The molecule has 1 saturated heterocycles. The van der Waals surface area contributed by atoms with Crippen molar-refractivity contribution in [2.75, 3.05) is 44.3 Å². The molecule has 0 unspecified atom stereocenters. The van der Waals surface area contributed by atoms with E-state index in [1.165, 1.54) is 44.2 Å². The summed E-state index contributed by atoms with van der Waals surface area (Å²) in [5, 5.41) is 0. The molecule has 4 heteroatoms. The molecule has 2 heterocycles. The molecular weight excluding hydrogens is 298 g/mol. The van der Waals surface area contributed by atoms with Gasteiger partial charge in [-0.1, -0.05) is 37.8 Å². The molecule has 0 N–H and O–H groups in total. The summed E-state index contributed by atoms with van der Waals surface area (Å²) in [5.74, 6) is 0. The van der Waals surface area contributed by atoms with E-state index in [1.807, 2.05) is 0 Å². The van der Waals surface area contributed by atoms with Crippen LogP contribution in [-0.4, -0.2) is 56.0 Å². The molecule has 1 aromatic carbocycles. The molecule has 0 aromatic heterocycles. The van der Waals surface area contributed by atoms with E-state index in [1.54, 1.807) is 0 Å². The van der Waals surface area contributed by atoms with Gasteiger partial charge in [0, 0.05) is 31.4 Å². The van der Waals surface area contributed by atoms with Gasteiger partial charge in [0.15, 0.2) is 0 Å². The van der Waals surface area contributed by atoms with Gasteiger partial charge in [-0.3, -0.25) is 9.89 Å². The highest BCUT2D eigenvalue weighted by molar-refractivity contribution is 5.81. The fourth-order valence-electron chi connectivity index (χ4n) is 4.68. The van der Waals surface area contributed by atoms with E-state index in [4.69, 9.17) is 4.74 Å². The predicted octanol–water partition coefficient (Wildman–Crippen LogP) is 3.63. The molecule has 2 aliphatic heterocycles. The quantitative estimate of drug-likeness (QED) is 0.794. The van der Waals surface area contributed by atoms with Crippen LogP contribution in [0, 0.1) is 0 Å². The standard InChI is InChI=1S/C20H29N3O/c1-2-6-10-20(9-5-1,23-13-15-24-16-14-23)17-22-12-11-21-18-7-3-4-8-19(18)22/h3-4,7-8,11H,1-2,5-6,9-10,12-17H2. The molecule has 4 rings (SSSR count). The molecule has 0 amide bonds. The number of hydrogen-bond acceptors (Lipinski definition) is 4. The third kappa shape index (κ3) is 3.22. The zero-order valence-electron chi connectivity index (χ0n) is 14.6. The highest BCUT2D eigenvalue weighted by Gasteiger charge is 2.39. The van der Waals surface area contributed by atoms with E-state index in [0.29, 0.717) is 5.54 Å². The monoisotopic (exact) mass is 327 g/mol. The van der Waals surface area contributed by atoms with Crippen molar-refractivity contribution in [1.29, 1.82) is 0 Å². The SMILES string of the molecule is C1=Nc2ccccc2N(CC2(N3CCOCC3)CCCCCC2)C1. The second kappa shape index (κ2) is 7.24. The van der Waals surface area contributed by atoms with Gasteiger partial charge in [0.25, 0.3) is 0 Å². The summed E-state index contributed by atoms with van der Waals surface area (Å²) in [5.41, 5.74) is 2.73. The lowest BCUT2D eigenvalue weighted by Crippen LogP contribution is -2.59. The number of nitrogens with zero attached hydrogens (tertiary/aromatic N) is 3. The van der Waals surface area contributed by atoms with Gasteiger partial charge in [-0.15, -0.1) is 0 Å². The van der Waals surface area contributed by atoms with E-state index in [9.17, 15) is 0 Å². The first-order valence-electron chi connectivity index (χ1n) is 9.57. The van der Waals surface area contributed by atoms with Crippen LogP contribution in [-0.2, 0) is 4.74 Å². The zero-order chi connectivity index (χ0) is 16.2. The number of ether oxygens (including phenoxy) is 1. The van der Waals surface area contributed by atoms with Gasteiger partial charge in [-0.25, -0.2) is 0 Å². The maximum atomic E-state index is 5.64. The van der Waals surface area contributed by atoms with Crippen LogP contribution < -0.4 is 4.90 Å². The van der Waals surface area contributed by atoms with Crippen molar-refractivity contribution >= 4 is 17.6 Å². The third-order valence-electron chi connectivity index (χ3n) is 5.96. The molecule has 1 saturated carbocycles. The summed E-state index contributed by atoms with van der Waals surface area (Å²) in [7, 11) is 0. The number of morpholine rings is 1. The van der Waals surface area contributed by atoms with Gasteiger partial charge in [0.1, 0.15) is 0 Å². The molecule has 24 heavy (non-hydrogen) atoms. The number of fused-ring (bicyclic) bond motifs is 1. The Balaban J connectivity index is 1.61. The minimum absolute atomic E-state index is 0.304. The zero-order valence-corrected chi connectivity index (χ0v) is 14.6. The normalized spacial score (nSPS) is 24.4. The first-order chi connectivity index (χ1) is 11.9. The van der Waals surface area contributed by atoms with Crippen LogP contribution in [0.15, 0.2) is 29.3 Å². The number of aliphatic imine (C=N–C) groups is 1. The van der Waals surface area contributed by atoms with Crippen LogP contribution in [0.4, 0.5) is 11.4 Å². The second-order valence-corrected chi connectivity index (χ2v) is 7.42. The smallest absolute Gasteiger partial charge is 0.0860 e. The predicted molar refractivity (Wildman–Crippen MR) is 99.6 cm³/mol. The van der Waals surface area contributed by atoms with Crippen LogP contribution in [0.1, 0.15) is 38.5 Å². The summed E-state index contributed by atoms with van der Waals surface area (Å²) >= 11 is 0. The van der Waals surface area contributed by atoms with Crippen LogP contribution in [0.2, 0.25) is 0 Å². The van der Waals surface area contributed by atoms with Gasteiger partial charge in [-0.2, -0.15) is 0 Å². The van der Waals surface area contributed by atoms with E-state index in [2.05, 4.69) is 45.3 Å². The largest absolute Gasteiger partial charge is 0.379 e. The Kier molecular flexibility index (Phi) is 4.86. The minimum atomic E-state index is 0.304. The fraction of sp³-hybridized carbons (Fsp3) is 0.650. The summed E-state index contributed by atoms with van der Waals surface area (Å²) in [6, 6.07) is 8.59. The van der Waals surface area contributed by atoms with Crippen molar-refractivity contribution < 1.29 is 4.74 Å². The molecule has 4 nitrogen and oxygen atoms in total. The van der Waals surface area contributed by atoms with Gasteiger partial charge in [-0.05, 0) is 25.0 Å². The number of hydrogen-bond donors (Lipinski definition) is 0. The average Bonchev–Trinajstić information content (AvgIpc) is 2.89. The van der Waals surface area contributed by atoms with Gasteiger partial charge < -0.3 is 9.64 Å². The summed E-state index contributed by atoms with van der Waals surface area (Å²) in [6.07, 6.45) is 10.2. The van der Waals surface area contributed by atoms with Crippen LogP contribution in [0.3, 0.4) is 0 Å². The van der Waals surface area contributed by atoms with Crippen LogP contribution >= 0.6 is 0 Å². The minimum Gasteiger partial charge on any atom is -0.379 e. The topological polar surface area (TPSA) is 28.1 Å². The van der Waals surface area contributed by atoms with Crippen molar-refractivity contribution in [2.45, 2.75) is 44.1 Å². The van der Waals surface area contributed by atoms with E-state index in [0.717, 1.165) is 45.1 Å². The highest BCUT2D eigenvalue weighted by atomic mass is 16.5. The van der Waals surface area contributed by atoms with Gasteiger partial charge >= 0.3 is 0 Å². The molecule has 0 radical (unpaired) electrons. The van der Waals surface area contributed by atoms with Crippen molar-refractivity contribution in [2.24, 2.45) is 4.99 Å². The Morgan fingerprint density at radius 2 is 1.75 bits per heavy atom. The van der Waals surface area contributed by atoms with E-state index in [-0.39, 0.29) is 0 Å². The van der Waals surface area contributed by atoms with Crippen molar-refractivity contribution in [1.82, 2.24) is 4.90 Å². The van der Waals surface area contributed by atoms with Gasteiger partial charge in [0.05, 0.1) is 31.1 Å². The first kappa shape index (κ1) is 16.1. The number of rotatable bonds is 3. The molecule has 2 fully saturated rings. The molecule has 1 aromatic rings. The van der Waals surface area contributed by atoms with Crippen molar-refractivity contribution in [3.63, 3.8) is 0 Å². The van der Waals surface area contributed by atoms with Gasteiger partial charge in [0.2, 0.25) is 0 Å². The number of anilines is 1. The Hall–Kier alpha value is -1.39. The molecule has 3 aliphatic rings. The van der Waals surface area contributed by atoms with Crippen molar-refractivity contribution in [3.05, 3.63) is 24.3 Å². The maximum absolute atomic E-state index is 5.64. The first-order valence-corrected chi connectivity index (χ1v) is 9.57. The maximum Gasteiger partial charge on any atom is 0.0860 e. The molecule has 0 bridgehead atoms. The number of benzene rings is 1. The lowest BCUT2D eigenvalue weighted by atomic mass is 9.86. The molecule has 130 valence electrons. The lowest BCUT2D eigenvalue weighted by molar-refractivity contribution is -0.0260. The third-order valence-corrected chi connectivity index (χ3v) is 5.96. The highest BCUT2D eigenvalue weighted by Crippen LogP contribution is 2.38.